The molecule has 0 fully saturated rings. The van der Waals surface area contributed by atoms with Crippen LogP contribution in [0.1, 0.15) is 6.92 Å². The van der Waals surface area contributed by atoms with E-state index in [-0.39, 0.29) is 17.2 Å². The average molecular weight is 408 g/mol. The van der Waals surface area contributed by atoms with E-state index in [0.717, 1.165) is 11.2 Å². The van der Waals surface area contributed by atoms with E-state index < -0.39 is 0 Å². The van der Waals surface area contributed by atoms with Crippen LogP contribution in [0.5, 0.6) is 5.75 Å². The molecular weight excluding hydrogens is 388 g/mol. The number of fused-ring (bicyclic) bond motifs is 3. The summed E-state index contributed by atoms with van der Waals surface area (Å²) in [6.07, 6.45) is 0. The fraction of sp³-hybridized carbons (Fsp3) is 0.286. The molecule has 0 radical (unpaired) electrons. The third-order valence-corrected chi connectivity index (χ3v) is 6.69. The molecule has 0 aliphatic carbocycles. The van der Waals surface area contributed by atoms with Crippen molar-refractivity contribution in [2.24, 2.45) is 0 Å². The topological polar surface area (TPSA) is 80.2 Å². The number of nitrogens with zero attached hydrogens (tertiary/aromatic N) is 3. The molecule has 7 nitrogen and oxygen atoms in total. The van der Waals surface area contributed by atoms with Crippen molar-refractivity contribution >= 4 is 32.7 Å². The molecule has 1 aliphatic heterocycles. The van der Waals surface area contributed by atoms with Crippen molar-refractivity contribution in [1.82, 2.24) is 18.8 Å². The molecule has 29 heavy (non-hydrogen) atoms. The zero-order valence-corrected chi connectivity index (χ0v) is 17.0. The number of aromatic amines is 1. The van der Waals surface area contributed by atoms with Crippen molar-refractivity contribution in [1.29, 1.82) is 0 Å². The van der Waals surface area contributed by atoms with Gasteiger partial charge in [0.1, 0.15) is 23.6 Å². The Morgan fingerprint density at radius 3 is 2.86 bits per heavy atom. The van der Waals surface area contributed by atoms with E-state index in [1.54, 1.807) is 10.0 Å². The lowest BCUT2D eigenvalue weighted by Crippen LogP contribution is -2.37. The second kappa shape index (κ2) is 6.82. The van der Waals surface area contributed by atoms with Crippen molar-refractivity contribution in [2.45, 2.75) is 19.5 Å². The van der Waals surface area contributed by atoms with Crippen LogP contribution in [-0.4, -0.2) is 45.1 Å². The highest BCUT2D eigenvalue weighted by Gasteiger charge is 2.19. The van der Waals surface area contributed by atoms with Crippen LogP contribution in [0.3, 0.4) is 0 Å². The lowest BCUT2D eigenvalue weighted by molar-refractivity contribution is 0.171. The summed E-state index contributed by atoms with van der Waals surface area (Å²) < 4.78 is 8.61. The van der Waals surface area contributed by atoms with Gasteiger partial charge in [0.05, 0.1) is 15.6 Å². The van der Waals surface area contributed by atoms with Gasteiger partial charge in [0.15, 0.2) is 0 Å². The molecule has 0 amide bonds. The highest BCUT2D eigenvalue weighted by atomic mass is 32.1. The fourth-order valence-electron chi connectivity index (χ4n) is 3.61. The molecule has 1 aliphatic rings. The van der Waals surface area contributed by atoms with Crippen molar-refractivity contribution in [3.05, 3.63) is 57.1 Å². The maximum Gasteiger partial charge on any atom is 0.275 e. The Balaban J connectivity index is 1.84. The van der Waals surface area contributed by atoms with Gasteiger partial charge in [-0.1, -0.05) is 29.7 Å². The number of rotatable bonds is 0. The van der Waals surface area contributed by atoms with Gasteiger partial charge in [0.25, 0.3) is 11.1 Å². The van der Waals surface area contributed by atoms with E-state index in [9.17, 15) is 9.59 Å². The Morgan fingerprint density at radius 2 is 2.00 bits per heavy atom. The van der Waals surface area contributed by atoms with E-state index in [1.165, 1.54) is 11.5 Å². The van der Waals surface area contributed by atoms with Gasteiger partial charge in [-0.05, 0) is 32.2 Å². The van der Waals surface area contributed by atoms with Crippen molar-refractivity contribution in [3.63, 3.8) is 0 Å². The van der Waals surface area contributed by atoms with Gasteiger partial charge in [-0.25, -0.2) is 4.98 Å². The Kier molecular flexibility index (Phi) is 4.25. The number of H-pyrrole nitrogens is 1. The van der Waals surface area contributed by atoms with Crippen LogP contribution in [-0.2, 0) is 6.54 Å². The van der Waals surface area contributed by atoms with Crippen LogP contribution in [0, 0.1) is 0 Å². The number of likely N-dealkylation sites (N-methyl/N-ethyl adjacent to an activating group) is 1. The first-order valence-electron chi connectivity index (χ1n) is 9.52. The van der Waals surface area contributed by atoms with Gasteiger partial charge in [0, 0.05) is 24.7 Å². The third kappa shape index (κ3) is 2.95. The normalized spacial score (nSPS) is 17.7. The summed E-state index contributed by atoms with van der Waals surface area (Å²) in [5, 5.41) is 0.615. The second-order valence-electron chi connectivity index (χ2n) is 7.39. The van der Waals surface area contributed by atoms with Crippen LogP contribution in [0.4, 0.5) is 0 Å². The number of aromatic nitrogens is 3. The number of ether oxygens (including phenoxy) is 1. The summed E-state index contributed by atoms with van der Waals surface area (Å²) in [4.78, 5) is 35.5. The van der Waals surface area contributed by atoms with Crippen LogP contribution < -0.4 is 15.9 Å². The molecule has 148 valence electrons. The lowest BCUT2D eigenvalue weighted by Gasteiger charge is -2.25. The summed E-state index contributed by atoms with van der Waals surface area (Å²) in [6.45, 7) is 3.87. The van der Waals surface area contributed by atoms with Crippen molar-refractivity contribution < 1.29 is 4.74 Å². The zero-order chi connectivity index (χ0) is 20.1. The third-order valence-electron chi connectivity index (χ3n) is 5.50. The molecule has 1 N–H and O–H groups in total. The quantitative estimate of drug-likeness (QED) is 0.484. The van der Waals surface area contributed by atoms with Gasteiger partial charge in [-0.2, -0.15) is 0 Å². The molecule has 4 aromatic rings. The Labute approximate surface area is 170 Å². The Hall–Kier alpha value is -2.97. The summed E-state index contributed by atoms with van der Waals surface area (Å²) in [5.41, 5.74) is 1.89. The van der Waals surface area contributed by atoms with Gasteiger partial charge in [0.2, 0.25) is 0 Å². The summed E-state index contributed by atoms with van der Waals surface area (Å²) >= 11 is 1.39. The number of hydrogen-bond acceptors (Lipinski definition) is 6. The van der Waals surface area contributed by atoms with E-state index in [4.69, 9.17) is 4.74 Å². The number of hydrogen-bond donors (Lipinski definition) is 1. The Bertz CT molecular complexity index is 1350. The standard InChI is InChI=1S/C21H20N4O3S/c1-12-11-28-16-8-4-7-15-18(16)23-17(20(26)22-15)13-5-3-6-14-19(13)29-25(21(14)27)10-9-24(12)2/h3-8,12H,9-11H2,1-2H3,(H,22,26)/t12-/m0/s1. The molecule has 0 spiro atoms. The fourth-order valence-corrected chi connectivity index (χ4v) is 4.70. The minimum absolute atomic E-state index is 0.0306. The van der Waals surface area contributed by atoms with Crippen LogP contribution in [0.25, 0.3) is 32.4 Å². The Morgan fingerprint density at radius 1 is 1.17 bits per heavy atom. The van der Waals surface area contributed by atoms with Gasteiger partial charge in [-0.3, -0.25) is 18.4 Å². The minimum Gasteiger partial charge on any atom is -0.490 e. The molecule has 4 bridgehead atoms. The summed E-state index contributed by atoms with van der Waals surface area (Å²) in [5.74, 6) is 0.634. The van der Waals surface area contributed by atoms with Crippen LogP contribution >= 0.6 is 11.5 Å². The predicted molar refractivity (Wildman–Crippen MR) is 115 cm³/mol. The number of benzene rings is 2. The molecule has 5 rings (SSSR count). The SMILES string of the molecule is C[C@H]1COc2cccc3[nH]c(=O)c(nc23)-c2cccc3c(=O)n(sc23)CCN1C. The molecule has 2 aromatic carbocycles. The first kappa shape index (κ1) is 18.1. The summed E-state index contributed by atoms with van der Waals surface area (Å²) in [6, 6.07) is 11.1. The van der Waals surface area contributed by atoms with Gasteiger partial charge >= 0.3 is 0 Å². The van der Waals surface area contributed by atoms with Crippen LogP contribution in [0.15, 0.2) is 46.0 Å². The van der Waals surface area contributed by atoms with Gasteiger partial charge in [-0.15, -0.1) is 0 Å². The van der Waals surface area contributed by atoms with E-state index in [1.807, 2.05) is 37.4 Å². The summed E-state index contributed by atoms with van der Waals surface area (Å²) in [7, 11) is 2.03. The highest BCUT2D eigenvalue weighted by Crippen LogP contribution is 2.30. The molecule has 8 heteroatoms. The van der Waals surface area contributed by atoms with Gasteiger partial charge < -0.3 is 9.72 Å². The first-order valence-corrected chi connectivity index (χ1v) is 10.3. The number of para-hydroxylation sites is 1. The maximum atomic E-state index is 12.9. The zero-order valence-electron chi connectivity index (χ0n) is 16.1. The van der Waals surface area contributed by atoms with E-state index in [0.29, 0.717) is 46.6 Å². The number of nitrogens with one attached hydrogen (secondary N) is 1. The molecule has 1 atom stereocenters. The second-order valence-corrected chi connectivity index (χ2v) is 8.42. The highest BCUT2D eigenvalue weighted by molar-refractivity contribution is 7.14. The van der Waals surface area contributed by atoms with Crippen LogP contribution in [0.2, 0.25) is 0 Å². The average Bonchev–Trinajstić information content (AvgIpc) is 3.05. The minimum atomic E-state index is -0.283. The lowest BCUT2D eigenvalue weighted by atomic mass is 10.1. The molecule has 0 saturated carbocycles. The largest absolute Gasteiger partial charge is 0.490 e. The smallest absolute Gasteiger partial charge is 0.275 e. The van der Waals surface area contributed by atoms with E-state index >= 15 is 0 Å². The maximum absolute atomic E-state index is 12.9. The molecule has 3 heterocycles. The van der Waals surface area contributed by atoms with Crippen molar-refractivity contribution in [2.75, 3.05) is 20.2 Å². The molecule has 0 unspecified atom stereocenters. The van der Waals surface area contributed by atoms with E-state index in [2.05, 4.69) is 21.8 Å². The predicted octanol–water partition coefficient (Wildman–Crippen LogP) is 2.68. The van der Waals surface area contributed by atoms with Crippen molar-refractivity contribution in [3.8, 4) is 17.0 Å². The molecule has 0 saturated heterocycles. The molecular formula is C21H20N4O3S. The first-order chi connectivity index (χ1) is 14.0. The monoisotopic (exact) mass is 408 g/mol. The molecule has 2 aromatic heterocycles.